The summed E-state index contributed by atoms with van der Waals surface area (Å²) in [5, 5.41) is 17.2. The molecule has 728 valence electrons. The van der Waals surface area contributed by atoms with E-state index in [1.54, 1.807) is 66.7 Å². The molecular weight excluding hydrogens is 2190 g/mol. The molecule has 0 unspecified atom stereocenters. The Balaban J connectivity index is 0.000000158. The second-order valence-electron chi connectivity index (χ2n) is 31.2. The lowest BCUT2D eigenvalue weighted by atomic mass is 9.17. The number of carboxylic acid groups (broad SMARTS) is 1. The summed E-state index contributed by atoms with van der Waals surface area (Å²) < 4.78 is 60.1. The molecule has 0 spiro atoms. The third kappa shape index (κ3) is 34.4. The van der Waals surface area contributed by atoms with Crippen LogP contribution in [0.4, 0.5) is 0 Å². The monoisotopic (exact) mass is 2260 g/mol. The zero-order chi connectivity index (χ0) is 103. The lowest BCUT2D eigenvalue weighted by Crippen LogP contribution is -2.64. The summed E-state index contributed by atoms with van der Waals surface area (Å²) >= 11 is 83.1. The van der Waals surface area contributed by atoms with Crippen LogP contribution in [-0.4, -0.2) is 58.8 Å². The Morgan fingerprint density at radius 3 is 0.783 bits per heavy atom. The highest BCUT2D eigenvalue weighted by atomic mass is 35.6. The van der Waals surface area contributed by atoms with Crippen molar-refractivity contribution in [3.63, 3.8) is 0 Å². The number of nitrogens with zero attached hydrogens (tertiary/aromatic N) is 3. The van der Waals surface area contributed by atoms with E-state index in [0.717, 1.165) is 56.7 Å². The topological polar surface area (TPSA) is 210 Å². The number of aliphatic carboxylic acids is 1. The first-order chi connectivity index (χ1) is 68.1. The second-order valence-corrected chi connectivity index (χ2v) is 48.1. The SMILES string of the molecule is C[B-](c1ccccc1)(c1ccccc1)c1ccccc1.Cc1ccc(-c2nc(C(Cl)(Cl)Cl)nc(C(Cl)(Cl)Cl)n2)cc1.Cc1ccc(S(=O)(=O)[O-])cc1.Cc1ccc([S+](c2ccc(Cl)cc2)c2ccc(Cl)cc2)cc1.Clc1ccc([S+](c2ccc(Cl)cc2)c2ccc(Cl)cc2)cc1.Clc1ccc([S+](c2ccc(Cl)cc2)c2ccc(Cl)cc2)cc1.O=C([O-])C(=O)c1ccccc1.O=S(=O)([O-])c1cccc2ccccc12. The van der Waals surface area contributed by atoms with Crippen molar-refractivity contribution in [3.05, 3.63) is 505 Å². The molecule has 18 aromatic rings. The molecule has 0 fully saturated rings. The number of aromatic nitrogens is 3. The van der Waals surface area contributed by atoms with Crippen LogP contribution in [0.1, 0.15) is 38.7 Å². The molecule has 143 heavy (non-hydrogen) atoms. The number of halogens is 14. The van der Waals surface area contributed by atoms with Crippen LogP contribution in [0.2, 0.25) is 47.0 Å². The van der Waals surface area contributed by atoms with Crippen LogP contribution in [-0.2, 0) is 65.3 Å². The zero-order valence-corrected chi connectivity index (χ0v) is 90.6. The second kappa shape index (κ2) is 54.0. The number of carbonyl (C=O) groups excluding carboxylic acids is 2. The first-order valence-corrected chi connectivity index (χ1v) is 54.8. The van der Waals surface area contributed by atoms with Crippen LogP contribution in [0.15, 0.2) is 485 Å². The van der Waals surface area contributed by atoms with Crippen LogP contribution in [0.5, 0.6) is 0 Å². The molecule has 0 saturated heterocycles. The molecule has 0 aliphatic carbocycles. The number of carbonyl (C=O) groups is 2. The van der Waals surface area contributed by atoms with Crippen LogP contribution in [0, 0.1) is 20.8 Å². The normalized spacial score (nSPS) is 11.2. The van der Waals surface area contributed by atoms with Gasteiger partial charge < -0.3 is 19.0 Å². The van der Waals surface area contributed by atoms with Gasteiger partial charge in [-0.15, -0.1) is 0 Å². The summed E-state index contributed by atoms with van der Waals surface area (Å²) in [5.74, 6) is -2.62. The minimum atomic E-state index is -4.38. The minimum absolute atomic E-state index is 0.112. The maximum Gasteiger partial charge on any atom is 0.250 e. The summed E-state index contributed by atoms with van der Waals surface area (Å²) in [5.41, 5.74) is 8.24. The quantitative estimate of drug-likeness (QED) is 0.0208. The van der Waals surface area contributed by atoms with Crippen molar-refractivity contribution in [1.82, 2.24) is 15.0 Å². The number of alkyl halides is 6. The minimum Gasteiger partial charge on any atom is -0.744 e. The molecule has 0 aliphatic heterocycles. The molecule has 0 saturated carbocycles. The third-order valence-electron chi connectivity index (χ3n) is 21.1. The Labute approximate surface area is 911 Å². The van der Waals surface area contributed by atoms with Crippen LogP contribution < -0.4 is 21.5 Å². The lowest BCUT2D eigenvalue weighted by Gasteiger charge is -2.39. The smallest absolute Gasteiger partial charge is 0.250 e. The molecule has 0 N–H and O–H groups in total. The molecule has 1 aromatic heterocycles. The standard InChI is InChI=1S/C19H18B.C19H15Cl2S.2C18H12Cl3S.C12H7Cl6N3.C10H8O3S.C8H6O3.C7H8O3S/c1-20(17-11-5-2-6-12-17,18-13-7-3-8-14-18)19-15-9-4-10-16-19;1-14-2-8-17(9-3-14)22(18-10-4-15(20)5-11-18)19-12-6-16(21)7-13-19;2*19-13-1-7-16(8-2-13)22(17-9-3-14(20)4-10-17)18-11-5-15(21)6-12-18;1-6-2-4-7(5-3-6)8-19-9(11(13,14)15)21-10(20-8)12(16,17)18;11-14(12,13)10-7-3-5-8-4-1-2-6-9(8)10;9-7(8(10)11)6-4-2-1-3-5-6;1-6-2-4-7(5-3-6)11(8,9)10/h2-16H,1H3;2-13H,1H3;2*1-12H;2-5H,1H3;1-7H,(H,11,12,13);1-5H,(H,10,11);2-5H,1H3,(H,8,9,10)/q-1;3*+1;;;;/p-3. The average Bonchev–Trinajstić information content (AvgIpc) is 0.765. The third-order valence-corrected chi connectivity index (χ3v) is 32.5. The van der Waals surface area contributed by atoms with Gasteiger partial charge in [-0.05, 0) is 256 Å². The number of hydrogen-bond donors (Lipinski definition) is 0. The van der Waals surface area contributed by atoms with E-state index in [-0.39, 0.29) is 65.5 Å². The Morgan fingerprint density at radius 2 is 0.524 bits per heavy atom. The summed E-state index contributed by atoms with van der Waals surface area (Å²) in [6.45, 7) is 8.24. The molecule has 0 aliphatic rings. The van der Waals surface area contributed by atoms with Gasteiger partial charge in [0.2, 0.25) is 13.4 Å². The number of Topliss-reactive ketones (excluding diaryl/α,β-unsaturated/α-hetero) is 1. The average molecular weight is 2270 g/mol. The number of rotatable bonds is 17. The van der Waals surface area contributed by atoms with Gasteiger partial charge in [0.15, 0.2) is 61.5 Å². The molecular formula is C111H83BCl14N3O9S5-. The van der Waals surface area contributed by atoms with Crippen molar-refractivity contribution in [1.29, 1.82) is 0 Å². The van der Waals surface area contributed by atoms with Gasteiger partial charge >= 0.3 is 0 Å². The van der Waals surface area contributed by atoms with E-state index in [1.165, 1.54) is 96.3 Å². The maximum absolute atomic E-state index is 10.9. The number of fused-ring (bicyclic) bond motifs is 1. The van der Waals surface area contributed by atoms with E-state index in [2.05, 4.69) is 241 Å². The molecule has 17 aromatic carbocycles. The predicted octanol–water partition coefficient (Wildman–Crippen LogP) is 30.4. The van der Waals surface area contributed by atoms with Gasteiger partial charge in [0.25, 0.3) is 0 Å². The van der Waals surface area contributed by atoms with Crippen molar-refractivity contribution >= 4 is 260 Å². The van der Waals surface area contributed by atoms with Crippen molar-refractivity contribution in [2.24, 2.45) is 0 Å². The molecule has 12 nitrogen and oxygen atoms in total. The van der Waals surface area contributed by atoms with E-state index in [1.807, 2.05) is 135 Å². The summed E-state index contributed by atoms with van der Waals surface area (Å²) in [6.07, 6.45) is -0.912. The Hall–Kier alpha value is -9.86. The molecule has 32 heteroatoms. The van der Waals surface area contributed by atoms with Crippen LogP contribution >= 0.6 is 162 Å². The molecule has 1 heterocycles. The number of ketones is 1. The molecule has 0 amide bonds. The Bertz CT molecular complexity index is 6640. The summed E-state index contributed by atoms with van der Waals surface area (Å²) in [4.78, 5) is 43.5. The highest BCUT2D eigenvalue weighted by Crippen LogP contribution is 2.42. The van der Waals surface area contributed by atoms with Crippen LogP contribution in [0.3, 0.4) is 0 Å². The van der Waals surface area contributed by atoms with Gasteiger partial charge in [-0.25, -0.2) is 48.2 Å². The van der Waals surface area contributed by atoms with Gasteiger partial charge in [0, 0.05) is 51.3 Å². The number of hydrogen-bond acceptors (Lipinski definition) is 12. The zero-order valence-electron chi connectivity index (χ0n) is 75.9. The highest BCUT2D eigenvalue weighted by molar-refractivity contribution is 7.97. The van der Waals surface area contributed by atoms with Gasteiger partial charge in [-0.2, -0.15) is 6.82 Å². The van der Waals surface area contributed by atoms with Crippen molar-refractivity contribution < 1.29 is 40.6 Å². The van der Waals surface area contributed by atoms with Gasteiger partial charge in [0.05, 0.1) is 48.6 Å². The maximum atomic E-state index is 10.9. The lowest BCUT2D eigenvalue weighted by molar-refractivity contribution is -0.296. The number of carboxylic acids is 1. The van der Waals surface area contributed by atoms with Crippen molar-refractivity contribution in [2.45, 2.75) is 89.0 Å². The fourth-order valence-corrected chi connectivity index (χ4v) is 22.7. The predicted molar refractivity (Wildman–Crippen MR) is 594 cm³/mol. The molecule has 0 bridgehead atoms. The highest BCUT2D eigenvalue weighted by Gasteiger charge is 2.36. The fourth-order valence-electron chi connectivity index (χ4n) is 13.8. The Morgan fingerprint density at radius 1 is 0.287 bits per heavy atom. The molecule has 0 radical (unpaired) electrons. The fraction of sp³-hybridized carbons (Fsp3) is 0.0541. The van der Waals surface area contributed by atoms with Gasteiger partial charge in [-0.1, -0.05) is 385 Å². The summed E-state index contributed by atoms with van der Waals surface area (Å²) in [6, 6.07) is 138. The Kier molecular flexibility index (Phi) is 42.9. The number of benzene rings is 17. The van der Waals surface area contributed by atoms with E-state index < -0.39 is 45.7 Å². The summed E-state index contributed by atoms with van der Waals surface area (Å²) in [7, 11) is -9.24. The van der Waals surface area contributed by atoms with E-state index in [4.69, 9.17) is 162 Å². The van der Waals surface area contributed by atoms with E-state index in [9.17, 15) is 40.6 Å². The van der Waals surface area contributed by atoms with Gasteiger partial charge in [0.1, 0.15) is 26.2 Å². The van der Waals surface area contributed by atoms with Crippen molar-refractivity contribution in [2.75, 3.05) is 0 Å². The molecule has 0 atom stereocenters. The number of aryl methyl sites for hydroxylation is 3. The first kappa shape index (κ1) is 113. The van der Waals surface area contributed by atoms with E-state index >= 15 is 0 Å². The van der Waals surface area contributed by atoms with Gasteiger partial charge in [-0.3, -0.25) is 4.79 Å². The van der Waals surface area contributed by atoms with Crippen molar-refractivity contribution in [3.8, 4) is 11.4 Å². The molecule has 18 rings (SSSR count). The largest absolute Gasteiger partial charge is 0.744 e. The first-order valence-electron chi connectivity index (χ1n) is 43.0. The van der Waals surface area contributed by atoms with E-state index in [0.29, 0.717) is 10.9 Å². The van der Waals surface area contributed by atoms with Crippen LogP contribution in [0.25, 0.3) is 22.2 Å².